The quantitative estimate of drug-likeness (QED) is 0.584. The zero-order chi connectivity index (χ0) is 20.5. The van der Waals surface area contributed by atoms with Crippen LogP contribution in [0.5, 0.6) is 5.75 Å². The lowest BCUT2D eigenvalue weighted by molar-refractivity contribution is -0.139. The fraction of sp³-hybridized carbons (Fsp3) is 0.478. The van der Waals surface area contributed by atoms with Gasteiger partial charge in [0, 0.05) is 29.3 Å². The third-order valence-electron chi connectivity index (χ3n) is 5.42. The van der Waals surface area contributed by atoms with Crippen molar-refractivity contribution in [1.29, 1.82) is 0 Å². The molecule has 2 N–H and O–H groups in total. The highest BCUT2D eigenvalue weighted by atomic mass is 16.5. The number of phenolic OH excluding ortho intramolecular Hbond substituents is 1. The Morgan fingerprint density at radius 2 is 1.93 bits per heavy atom. The van der Waals surface area contributed by atoms with Crippen LogP contribution >= 0.6 is 0 Å². The van der Waals surface area contributed by atoms with Crippen molar-refractivity contribution in [2.75, 3.05) is 6.61 Å². The molecule has 1 heterocycles. The first-order valence-electron chi connectivity index (χ1n) is 9.93. The second-order valence-electron chi connectivity index (χ2n) is 8.51. The number of nitrogens with one attached hydrogen (secondary N) is 1. The second kappa shape index (κ2) is 7.82. The molecule has 1 aliphatic heterocycles. The average Bonchev–Trinajstić information content (AvgIpc) is 2.60. The van der Waals surface area contributed by atoms with Crippen molar-refractivity contribution >= 4 is 11.8 Å². The molecule has 5 heteroatoms. The predicted octanol–water partition coefficient (Wildman–Crippen LogP) is 4.34. The molecule has 28 heavy (non-hydrogen) atoms. The lowest BCUT2D eigenvalue weighted by Gasteiger charge is -2.39. The van der Waals surface area contributed by atoms with Crippen molar-refractivity contribution in [3.63, 3.8) is 0 Å². The van der Waals surface area contributed by atoms with Crippen LogP contribution in [0, 0.1) is 5.41 Å². The molecule has 0 saturated carbocycles. The summed E-state index contributed by atoms with van der Waals surface area (Å²) in [5, 5.41) is 13.0. The summed E-state index contributed by atoms with van der Waals surface area (Å²) in [5.41, 5.74) is 3.43. The lowest BCUT2D eigenvalue weighted by atomic mass is 9.68. The number of rotatable bonds is 5. The van der Waals surface area contributed by atoms with Crippen molar-refractivity contribution in [1.82, 2.24) is 5.32 Å². The smallest absolute Gasteiger partial charge is 0.336 e. The third kappa shape index (κ3) is 3.98. The molecule has 0 spiro atoms. The zero-order valence-corrected chi connectivity index (χ0v) is 17.1. The molecule has 0 aromatic heterocycles. The van der Waals surface area contributed by atoms with E-state index in [1.165, 1.54) is 0 Å². The maximum absolute atomic E-state index is 13.1. The van der Waals surface area contributed by atoms with Gasteiger partial charge in [0.15, 0.2) is 5.78 Å². The molecule has 1 aromatic rings. The summed E-state index contributed by atoms with van der Waals surface area (Å²) in [6.07, 6.45) is 2.93. The topological polar surface area (TPSA) is 75.6 Å². The summed E-state index contributed by atoms with van der Waals surface area (Å²) in [5.74, 6) is -0.658. The molecule has 0 radical (unpaired) electrons. The first-order chi connectivity index (χ1) is 13.2. The number of ether oxygens (including phenoxy) is 1. The number of hydrogen-bond acceptors (Lipinski definition) is 5. The van der Waals surface area contributed by atoms with Crippen LogP contribution < -0.4 is 5.32 Å². The molecule has 1 atom stereocenters. The van der Waals surface area contributed by atoms with E-state index in [1.54, 1.807) is 24.3 Å². The van der Waals surface area contributed by atoms with E-state index in [-0.39, 0.29) is 22.9 Å². The predicted molar refractivity (Wildman–Crippen MR) is 108 cm³/mol. The molecule has 0 amide bonds. The number of Topliss-reactive ketones (excluding diaryl/α,β-unsaturated/α-hetero) is 1. The van der Waals surface area contributed by atoms with Crippen LogP contribution in [0.3, 0.4) is 0 Å². The average molecular weight is 383 g/mol. The number of hydrogen-bond donors (Lipinski definition) is 2. The van der Waals surface area contributed by atoms with E-state index in [4.69, 9.17) is 4.74 Å². The van der Waals surface area contributed by atoms with E-state index in [9.17, 15) is 14.7 Å². The van der Waals surface area contributed by atoms with Gasteiger partial charge < -0.3 is 15.2 Å². The monoisotopic (exact) mass is 383 g/mol. The number of aromatic hydroxyl groups is 1. The van der Waals surface area contributed by atoms with Gasteiger partial charge in [0.25, 0.3) is 0 Å². The summed E-state index contributed by atoms with van der Waals surface area (Å²) in [6.45, 7) is 8.43. The summed E-state index contributed by atoms with van der Waals surface area (Å²) >= 11 is 0. The molecule has 150 valence electrons. The number of carbonyl (C=O) groups is 2. The summed E-state index contributed by atoms with van der Waals surface area (Å²) in [6, 6.07) is 6.72. The third-order valence-corrected chi connectivity index (χ3v) is 5.42. The normalized spacial score (nSPS) is 21.3. The Kier molecular flexibility index (Phi) is 5.64. The van der Waals surface area contributed by atoms with E-state index in [0.29, 0.717) is 24.2 Å². The molecule has 0 unspecified atom stereocenters. The van der Waals surface area contributed by atoms with E-state index in [1.807, 2.05) is 13.8 Å². The first kappa shape index (κ1) is 20.2. The Labute approximate surface area is 166 Å². The molecule has 3 rings (SSSR count). The maximum Gasteiger partial charge on any atom is 0.336 e. The highest BCUT2D eigenvalue weighted by molar-refractivity contribution is 6.04. The highest BCUT2D eigenvalue weighted by Crippen LogP contribution is 2.46. The lowest BCUT2D eigenvalue weighted by Crippen LogP contribution is -2.38. The minimum Gasteiger partial charge on any atom is -0.508 e. The minimum atomic E-state index is -0.477. The van der Waals surface area contributed by atoms with Gasteiger partial charge in [-0.15, -0.1) is 0 Å². The Hall–Kier alpha value is -2.56. The maximum atomic E-state index is 13.1. The van der Waals surface area contributed by atoms with Crippen LogP contribution in [0.15, 0.2) is 46.8 Å². The van der Waals surface area contributed by atoms with Gasteiger partial charge in [-0.1, -0.05) is 39.3 Å². The van der Waals surface area contributed by atoms with Gasteiger partial charge in [-0.05, 0) is 42.9 Å². The van der Waals surface area contributed by atoms with Gasteiger partial charge in [0.1, 0.15) is 5.75 Å². The molecule has 0 bridgehead atoms. The van der Waals surface area contributed by atoms with E-state index in [0.717, 1.165) is 36.2 Å². The standard InChI is InChI=1S/C23H29NO4/c1-5-6-11-28-22(27)19-14(2)24-17-12-23(3,4)13-18(26)21(17)20(19)15-7-9-16(25)10-8-15/h7-10,20,24-25H,5-6,11-13H2,1-4H3/t20-/m1/s1. The minimum absolute atomic E-state index is 0.0585. The van der Waals surface area contributed by atoms with Crippen molar-refractivity contribution in [3.8, 4) is 5.75 Å². The van der Waals surface area contributed by atoms with Crippen molar-refractivity contribution in [3.05, 3.63) is 52.4 Å². The molecule has 1 aliphatic carbocycles. The van der Waals surface area contributed by atoms with Crippen LogP contribution in [0.25, 0.3) is 0 Å². The van der Waals surface area contributed by atoms with E-state index >= 15 is 0 Å². The number of ketones is 1. The summed E-state index contributed by atoms with van der Waals surface area (Å²) in [7, 11) is 0. The van der Waals surface area contributed by atoms with Crippen LogP contribution in [0.2, 0.25) is 0 Å². The van der Waals surface area contributed by atoms with Gasteiger partial charge in [-0.25, -0.2) is 4.79 Å². The number of unbranched alkanes of at least 4 members (excludes halogenated alkanes) is 1. The first-order valence-corrected chi connectivity index (χ1v) is 9.93. The number of phenols is 1. The van der Waals surface area contributed by atoms with Gasteiger partial charge in [-0.2, -0.15) is 0 Å². The number of carbonyl (C=O) groups excluding carboxylic acids is 2. The van der Waals surface area contributed by atoms with Crippen molar-refractivity contribution in [2.45, 2.75) is 59.3 Å². The zero-order valence-electron chi connectivity index (χ0n) is 17.1. The fourth-order valence-electron chi connectivity index (χ4n) is 4.09. The molecule has 0 fully saturated rings. The van der Waals surface area contributed by atoms with Crippen LogP contribution in [-0.2, 0) is 14.3 Å². The van der Waals surface area contributed by atoms with Crippen molar-refractivity contribution < 1.29 is 19.4 Å². The largest absolute Gasteiger partial charge is 0.508 e. The second-order valence-corrected chi connectivity index (χ2v) is 8.51. The van der Waals surface area contributed by atoms with Gasteiger partial charge in [-0.3, -0.25) is 4.79 Å². The van der Waals surface area contributed by atoms with Gasteiger partial charge in [0.05, 0.1) is 12.2 Å². The number of allylic oxidation sites excluding steroid dienone is 3. The van der Waals surface area contributed by atoms with E-state index in [2.05, 4.69) is 19.2 Å². The molecule has 5 nitrogen and oxygen atoms in total. The SMILES string of the molecule is CCCCOC(=O)C1=C(C)NC2=C(C(=O)CC(C)(C)C2)[C@@H]1c1ccc(O)cc1. The summed E-state index contributed by atoms with van der Waals surface area (Å²) < 4.78 is 5.50. The molecule has 0 saturated heterocycles. The molecule has 1 aromatic carbocycles. The van der Waals surface area contributed by atoms with Crippen LogP contribution in [-0.4, -0.2) is 23.5 Å². The Morgan fingerprint density at radius 1 is 1.25 bits per heavy atom. The molecular formula is C23H29NO4. The van der Waals surface area contributed by atoms with Gasteiger partial charge >= 0.3 is 5.97 Å². The van der Waals surface area contributed by atoms with E-state index < -0.39 is 5.92 Å². The van der Waals surface area contributed by atoms with Crippen LogP contribution in [0.4, 0.5) is 0 Å². The van der Waals surface area contributed by atoms with Crippen LogP contribution in [0.1, 0.15) is 64.9 Å². The Bertz CT molecular complexity index is 846. The summed E-state index contributed by atoms with van der Waals surface area (Å²) in [4.78, 5) is 26.0. The molecular weight excluding hydrogens is 354 g/mol. The Morgan fingerprint density at radius 3 is 2.57 bits per heavy atom. The fourth-order valence-corrected chi connectivity index (χ4v) is 4.09. The number of benzene rings is 1. The Balaban J connectivity index is 2.07. The molecule has 2 aliphatic rings. The number of esters is 1. The van der Waals surface area contributed by atoms with Crippen molar-refractivity contribution in [2.24, 2.45) is 5.41 Å². The number of dihydropyridines is 1. The highest BCUT2D eigenvalue weighted by Gasteiger charge is 2.43. The van der Waals surface area contributed by atoms with Gasteiger partial charge in [0.2, 0.25) is 0 Å².